The van der Waals surface area contributed by atoms with Gasteiger partial charge < -0.3 is 19.3 Å². The molecule has 25 heavy (non-hydrogen) atoms. The zero-order valence-corrected chi connectivity index (χ0v) is 14.7. The summed E-state index contributed by atoms with van der Waals surface area (Å²) in [6, 6.07) is 9.24. The first-order chi connectivity index (χ1) is 12.1. The van der Waals surface area contributed by atoms with Crippen molar-refractivity contribution in [2.24, 2.45) is 0 Å². The van der Waals surface area contributed by atoms with Gasteiger partial charge in [0.05, 0.1) is 31.5 Å². The number of carbonyl (C=O) groups excluding carboxylic acids is 1. The fourth-order valence-electron chi connectivity index (χ4n) is 2.69. The average Bonchev–Trinajstić information content (AvgIpc) is 2.67. The number of hydrogen-bond donors (Lipinski definition) is 0. The van der Waals surface area contributed by atoms with E-state index in [-0.39, 0.29) is 12.0 Å². The fraction of sp³-hybridized carbons (Fsp3) is 0.389. The van der Waals surface area contributed by atoms with Crippen LogP contribution < -0.4 is 9.64 Å². The van der Waals surface area contributed by atoms with E-state index in [0.717, 1.165) is 11.5 Å². The molecule has 1 fully saturated rings. The van der Waals surface area contributed by atoms with E-state index < -0.39 is 0 Å². The third-order valence-corrected chi connectivity index (χ3v) is 4.09. The minimum atomic E-state index is -0.233. The maximum atomic E-state index is 12.7. The normalized spacial score (nSPS) is 17.2. The largest absolute Gasteiger partial charge is 0.481 e. The van der Waals surface area contributed by atoms with Gasteiger partial charge in [-0.2, -0.15) is 0 Å². The number of amides is 1. The Morgan fingerprint density at radius 1 is 1.32 bits per heavy atom. The van der Waals surface area contributed by atoms with Crippen LogP contribution in [0.15, 0.2) is 36.5 Å². The third-order valence-electron chi connectivity index (χ3n) is 4.09. The molecule has 0 unspecified atom stereocenters. The number of nitrogens with zero attached hydrogens (tertiary/aromatic N) is 4. The van der Waals surface area contributed by atoms with Gasteiger partial charge in [0.25, 0.3) is 5.91 Å². The Labute approximate surface area is 147 Å². The Kier molecular flexibility index (Phi) is 5.14. The van der Waals surface area contributed by atoms with Gasteiger partial charge >= 0.3 is 0 Å². The van der Waals surface area contributed by atoms with Crippen molar-refractivity contribution in [3.05, 3.63) is 47.8 Å². The molecule has 0 spiro atoms. The van der Waals surface area contributed by atoms with Gasteiger partial charge in [0.1, 0.15) is 11.9 Å². The minimum absolute atomic E-state index is 0.0628. The van der Waals surface area contributed by atoms with Gasteiger partial charge in [-0.3, -0.25) is 4.79 Å². The van der Waals surface area contributed by atoms with Crippen LogP contribution in [0.3, 0.4) is 0 Å². The standard InChI is InChI=1S/C18H22N4O3/c1-21(2)16-6-4-5-14(20-16)15-12-22(9-10-25-15)18(23)13-7-8-17(24-3)19-11-13/h4-8,11,15H,9-10,12H2,1-3H3/t15-/m0/s1. The lowest BCUT2D eigenvalue weighted by Crippen LogP contribution is -2.42. The van der Waals surface area contributed by atoms with Crippen molar-refractivity contribution in [3.8, 4) is 5.88 Å². The Hall–Kier alpha value is -2.67. The summed E-state index contributed by atoms with van der Waals surface area (Å²) in [5.41, 5.74) is 1.37. The van der Waals surface area contributed by atoms with Gasteiger partial charge in [0.15, 0.2) is 0 Å². The van der Waals surface area contributed by atoms with E-state index in [1.807, 2.05) is 37.2 Å². The molecule has 3 heterocycles. The third kappa shape index (κ3) is 3.88. The summed E-state index contributed by atoms with van der Waals surface area (Å²) >= 11 is 0. The number of aromatic nitrogens is 2. The van der Waals surface area contributed by atoms with Crippen LogP contribution in [-0.4, -0.2) is 61.7 Å². The average molecular weight is 342 g/mol. The summed E-state index contributed by atoms with van der Waals surface area (Å²) in [6.07, 6.45) is 1.31. The van der Waals surface area contributed by atoms with Gasteiger partial charge in [0, 0.05) is 32.9 Å². The highest BCUT2D eigenvalue weighted by Gasteiger charge is 2.27. The lowest BCUT2D eigenvalue weighted by Gasteiger charge is -2.33. The summed E-state index contributed by atoms with van der Waals surface area (Å²) < 4.78 is 10.9. The summed E-state index contributed by atoms with van der Waals surface area (Å²) in [6.45, 7) is 1.50. The van der Waals surface area contributed by atoms with Crippen LogP contribution in [0, 0.1) is 0 Å². The zero-order valence-electron chi connectivity index (χ0n) is 14.7. The Morgan fingerprint density at radius 2 is 2.16 bits per heavy atom. The van der Waals surface area contributed by atoms with E-state index in [1.165, 1.54) is 6.20 Å². The lowest BCUT2D eigenvalue weighted by atomic mass is 10.1. The SMILES string of the molecule is COc1ccc(C(=O)N2CCO[C@H](c3cccc(N(C)C)n3)C2)cn1. The number of ether oxygens (including phenoxy) is 2. The maximum absolute atomic E-state index is 12.7. The van der Waals surface area contributed by atoms with Crippen molar-refractivity contribution in [2.75, 3.05) is 45.8 Å². The number of anilines is 1. The van der Waals surface area contributed by atoms with E-state index in [2.05, 4.69) is 9.97 Å². The van der Waals surface area contributed by atoms with Gasteiger partial charge in [-0.05, 0) is 18.2 Å². The van der Waals surface area contributed by atoms with Gasteiger partial charge in [0.2, 0.25) is 5.88 Å². The van der Waals surface area contributed by atoms with Crippen molar-refractivity contribution in [1.29, 1.82) is 0 Å². The minimum Gasteiger partial charge on any atom is -0.481 e. The van der Waals surface area contributed by atoms with E-state index in [1.54, 1.807) is 24.1 Å². The molecule has 2 aromatic heterocycles. The van der Waals surface area contributed by atoms with Crippen molar-refractivity contribution >= 4 is 11.7 Å². The van der Waals surface area contributed by atoms with Crippen LogP contribution >= 0.6 is 0 Å². The smallest absolute Gasteiger partial charge is 0.255 e. The van der Waals surface area contributed by atoms with Crippen LogP contribution in [0.25, 0.3) is 0 Å². The fourth-order valence-corrected chi connectivity index (χ4v) is 2.69. The summed E-state index contributed by atoms with van der Waals surface area (Å²) in [7, 11) is 5.44. The number of hydrogen-bond acceptors (Lipinski definition) is 6. The molecule has 1 aliphatic rings. The molecule has 2 aromatic rings. The van der Waals surface area contributed by atoms with Gasteiger partial charge in [-0.25, -0.2) is 9.97 Å². The number of morpholine rings is 1. The first kappa shape index (κ1) is 17.2. The lowest BCUT2D eigenvalue weighted by molar-refractivity contribution is -0.0247. The second-order valence-electron chi connectivity index (χ2n) is 6.01. The first-order valence-electron chi connectivity index (χ1n) is 8.13. The molecule has 0 radical (unpaired) electrons. The molecule has 3 rings (SSSR count). The second-order valence-corrected chi connectivity index (χ2v) is 6.01. The molecule has 1 atom stereocenters. The van der Waals surface area contributed by atoms with Crippen LogP contribution in [0.1, 0.15) is 22.2 Å². The molecular formula is C18H22N4O3. The Morgan fingerprint density at radius 3 is 2.84 bits per heavy atom. The van der Waals surface area contributed by atoms with Gasteiger partial charge in [-0.1, -0.05) is 6.07 Å². The number of methoxy groups -OCH3 is 1. The van der Waals surface area contributed by atoms with Crippen molar-refractivity contribution in [2.45, 2.75) is 6.10 Å². The number of pyridine rings is 2. The molecule has 0 N–H and O–H groups in total. The monoisotopic (exact) mass is 342 g/mol. The molecule has 1 aliphatic heterocycles. The van der Waals surface area contributed by atoms with Crippen LogP contribution in [-0.2, 0) is 4.74 Å². The quantitative estimate of drug-likeness (QED) is 0.843. The van der Waals surface area contributed by atoms with E-state index in [0.29, 0.717) is 31.1 Å². The maximum Gasteiger partial charge on any atom is 0.255 e. The molecular weight excluding hydrogens is 320 g/mol. The summed E-state index contributed by atoms with van der Waals surface area (Å²) in [5, 5.41) is 0. The summed E-state index contributed by atoms with van der Waals surface area (Å²) in [5.74, 6) is 1.29. The van der Waals surface area contributed by atoms with Crippen molar-refractivity contribution < 1.29 is 14.3 Å². The van der Waals surface area contributed by atoms with Crippen molar-refractivity contribution in [3.63, 3.8) is 0 Å². The molecule has 7 nitrogen and oxygen atoms in total. The highest BCUT2D eigenvalue weighted by Crippen LogP contribution is 2.23. The van der Waals surface area contributed by atoms with Gasteiger partial charge in [-0.15, -0.1) is 0 Å². The summed E-state index contributed by atoms with van der Waals surface area (Å²) in [4.78, 5) is 25.2. The Bertz CT molecular complexity index is 733. The van der Waals surface area contributed by atoms with E-state index in [9.17, 15) is 4.79 Å². The van der Waals surface area contributed by atoms with Crippen molar-refractivity contribution in [1.82, 2.24) is 14.9 Å². The van der Waals surface area contributed by atoms with E-state index in [4.69, 9.17) is 9.47 Å². The molecule has 0 aliphatic carbocycles. The van der Waals surface area contributed by atoms with Crippen LogP contribution in [0.5, 0.6) is 5.88 Å². The topological polar surface area (TPSA) is 67.8 Å². The number of rotatable bonds is 4. The highest BCUT2D eigenvalue weighted by molar-refractivity contribution is 5.94. The predicted octanol–water partition coefficient (Wildman–Crippen LogP) is 1.76. The van der Waals surface area contributed by atoms with Crippen LogP contribution in [0.4, 0.5) is 5.82 Å². The zero-order chi connectivity index (χ0) is 17.8. The first-order valence-corrected chi connectivity index (χ1v) is 8.13. The molecule has 0 bridgehead atoms. The van der Waals surface area contributed by atoms with Crippen LogP contribution in [0.2, 0.25) is 0 Å². The molecule has 132 valence electrons. The number of carbonyl (C=O) groups is 1. The molecule has 7 heteroatoms. The second kappa shape index (κ2) is 7.48. The predicted molar refractivity (Wildman–Crippen MR) is 93.9 cm³/mol. The molecule has 1 saturated heterocycles. The molecule has 1 amide bonds. The van der Waals surface area contributed by atoms with E-state index >= 15 is 0 Å². The Balaban J connectivity index is 1.74. The highest BCUT2D eigenvalue weighted by atomic mass is 16.5. The molecule has 0 aromatic carbocycles. The molecule has 0 saturated carbocycles.